The molecule has 3 aromatic carbocycles. The van der Waals surface area contributed by atoms with Crippen LogP contribution in [0.1, 0.15) is 12.0 Å². The van der Waals surface area contributed by atoms with Gasteiger partial charge in [0, 0.05) is 24.3 Å². The molecule has 1 aliphatic heterocycles. The zero-order valence-electron chi connectivity index (χ0n) is 20.4. The van der Waals surface area contributed by atoms with E-state index in [2.05, 4.69) is 16.2 Å². The number of hydrazine groups is 1. The largest absolute Gasteiger partial charge is 0.493 e. The van der Waals surface area contributed by atoms with Crippen LogP contribution in [0.25, 0.3) is 0 Å². The second-order valence-electron chi connectivity index (χ2n) is 8.48. The average molecular weight is 507 g/mol. The van der Waals surface area contributed by atoms with Gasteiger partial charge in [-0.15, -0.1) is 0 Å². The average Bonchev–Trinajstić information content (AvgIpc) is 3.29. The molecule has 3 aromatic rings. The molecule has 10 heteroatoms. The van der Waals surface area contributed by atoms with E-state index in [1.54, 1.807) is 24.3 Å². The van der Waals surface area contributed by atoms with Gasteiger partial charge in [-0.2, -0.15) is 0 Å². The number of ether oxygens (including phenoxy) is 2. The van der Waals surface area contributed by atoms with Crippen molar-refractivity contribution in [2.75, 3.05) is 35.9 Å². The summed E-state index contributed by atoms with van der Waals surface area (Å²) in [6, 6.07) is 17.9. The minimum atomic E-state index is -0.611. The molecular formula is C27H27FN4O5. The number of nitrogens with one attached hydrogen (secondary N) is 3. The number of benzene rings is 3. The molecule has 0 bridgehead atoms. The number of para-hydroxylation sites is 2. The molecule has 0 aromatic heterocycles. The normalized spacial score (nSPS) is 14.7. The van der Waals surface area contributed by atoms with Crippen LogP contribution in [0, 0.1) is 18.7 Å². The highest BCUT2D eigenvalue weighted by molar-refractivity contribution is 6.00. The predicted molar refractivity (Wildman–Crippen MR) is 137 cm³/mol. The fourth-order valence-electron chi connectivity index (χ4n) is 3.95. The molecule has 3 amide bonds. The third-order valence-corrected chi connectivity index (χ3v) is 5.92. The van der Waals surface area contributed by atoms with Crippen molar-refractivity contribution >= 4 is 34.8 Å². The van der Waals surface area contributed by atoms with Gasteiger partial charge >= 0.3 is 0 Å². The highest BCUT2D eigenvalue weighted by Crippen LogP contribution is 2.35. The molecule has 1 atom stereocenters. The van der Waals surface area contributed by atoms with Gasteiger partial charge in [-0.25, -0.2) is 4.39 Å². The first-order valence-electron chi connectivity index (χ1n) is 11.6. The summed E-state index contributed by atoms with van der Waals surface area (Å²) in [6.07, 6.45) is 0.0193. The van der Waals surface area contributed by atoms with Crippen LogP contribution in [0.2, 0.25) is 0 Å². The smallest absolute Gasteiger partial charge is 0.262 e. The highest BCUT2D eigenvalue weighted by Gasteiger charge is 2.35. The molecule has 0 unspecified atom stereocenters. The van der Waals surface area contributed by atoms with Crippen LogP contribution in [0.3, 0.4) is 0 Å². The van der Waals surface area contributed by atoms with Crippen LogP contribution in [-0.2, 0) is 14.4 Å². The summed E-state index contributed by atoms with van der Waals surface area (Å²) in [7, 11) is 1.46. The van der Waals surface area contributed by atoms with E-state index in [4.69, 9.17) is 9.47 Å². The minimum absolute atomic E-state index is 0.0193. The first-order valence-corrected chi connectivity index (χ1v) is 11.6. The highest BCUT2D eigenvalue weighted by atomic mass is 19.1. The van der Waals surface area contributed by atoms with Crippen molar-refractivity contribution in [2.45, 2.75) is 13.3 Å². The Kier molecular flexibility index (Phi) is 7.87. The van der Waals surface area contributed by atoms with Crippen LogP contribution in [0.5, 0.6) is 11.5 Å². The van der Waals surface area contributed by atoms with E-state index in [1.807, 2.05) is 25.1 Å². The molecule has 1 aliphatic rings. The lowest BCUT2D eigenvalue weighted by Gasteiger charge is -2.18. The SMILES string of the molecule is COc1cccc(NNC(=O)[C@H]2CC(=O)N(c3ccc(F)cc3)C2)c1OCC(=O)Nc1ccccc1C. The maximum absolute atomic E-state index is 13.2. The van der Waals surface area contributed by atoms with Crippen molar-refractivity contribution in [3.8, 4) is 11.5 Å². The lowest BCUT2D eigenvalue weighted by atomic mass is 10.1. The second kappa shape index (κ2) is 11.4. The minimum Gasteiger partial charge on any atom is -0.493 e. The molecule has 0 aliphatic carbocycles. The van der Waals surface area contributed by atoms with Crippen molar-refractivity contribution in [3.05, 3.63) is 78.1 Å². The summed E-state index contributed by atoms with van der Waals surface area (Å²) in [6.45, 7) is 1.76. The summed E-state index contributed by atoms with van der Waals surface area (Å²) in [5.41, 5.74) is 7.92. The number of carbonyl (C=O) groups excluding carboxylic acids is 3. The summed E-state index contributed by atoms with van der Waals surface area (Å²) in [5.74, 6) is -1.40. The molecule has 37 heavy (non-hydrogen) atoms. The Balaban J connectivity index is 1.37. The molecular weight excluding hydrogens is 479 g/mol. The Morgan fingerprint density at radius 1 is 1.03 bits per heavy atom. The number of halogens is 1. The van der Waals surface area contributed by atoms with E-state index in [-0.39, 0.29) is 37.1 Å². The third-order valence-electron chi connectivity index (χ3n) is 5.92. The predicted octanol–water partition coefficient (Wildman–Crippen LogP) is 3.66. The van der Waals surface area contributed by atoms with E-state index in [0.29, 0.717) is 22.8 Å². The molecule has 3 N–H and O–H groups in total. The summed E-state index contributed by atoms with van der Waals surface area (Å²) in [4.78, 5) is 39.2. The fraction of sp³-hybridized carbons (Fsp3) is 0.222. The van der Waals surface area contributed by atoms with Gasteiger partial charge in [-0.1, -0.05) is 24.3 Å². The summed E-state index contributed by atoms with van der Waals surface area (Å²) < 4.78 is 24.3. The first-order chi connectivity index (χ1) is 17.9. The number of carbonyl (C=O) groups is 3. The topological polar surface area (TPSA) is 109 Å². The molecule has 1 heterocycles. The van der Waals surface area contributed by atoms with Gasteiger partial charge in [-0.05, 0) is 55.0 Å². The van der Waals surface area contributed by atoms with Gasteiger partial charge in [0.25, 0.3) is 5.91 Å². The maximum Gasteiger partial charge on any atom is 0.262 e. The zero-order chi connectivity index (χ0) is 26.4. The first kappa shape index (κ1) is 25.5. The Hall–Kier alpha value is -4.60. The molecule has 0 spiro atoms. The van der Waals surface area contributed by atoms with Gasteiger partial charge in [0.2, 0.25) is 11.8 Å². The molecule has 192 valence electrons. The lowest BCUT2D eigenvalue weighted by molar-refractivity contribution is -0.125. The van der Waals surface area contributed by atoms with Gasteiger partial charge in [0.1, 0.15) is 5.82 Å². The number of methoxy groups -OCH3 is 1. The van der Waals surface area contributed by atoms with Crippen LogP contribution >= 0.6 is 0 Å². The number of hydrogen-bond donors (Lipinski definition) is 3. The molecule has 1 fully saturated rings. The van der Waals surface area contributed by atoms with Crippen LogP contribution < -0.4 is 30.5 Å². The van der Waals surface area contributed by atoms with E-state index >= 15 is 0 Å². The Labute approximate surface area is 213 Å². The van der Waals surface area contributed by atoms with E-state index in [1.165, 1.54) is 36.3 Å². The molecule has 0 saturated carbocycles. The van der Waals surface area contributed by atoms with Crippen LogP contribution in [0.4, 0.5) is 21.5 Å². The number of aryl methyl sites for hydroxylation is 1. The quantitative estimate of drug-likeness (QED) is 0.382. The second-order valence-corrected chi connectivity index (χ2v) is 8.48. The number of rotatable bonds is 9. The molecule has 9 nitrogen and oxygen atoms in total. The Morgan fingerprint density at radius 2 is 1.76 bits per heavy atom. The maximum atomic E-state index is 13.2. The van der Waals surface area contributed by atoms with Crippen molar-refractivity contribution in [1.29, 1.82) is 0 Å². The standard InChI is InChI=1S/C27H27FN4O5/c1-17-6-3-4-7-21(17)29-24(33)16-37-26-22(8-5-9-23(26)36-2)30-31-27(35)18-14-25(34)32(15-18)20-12-10-19(28)11-13-20/h3-13,18,30H,14-16H2,1-2H3,(H,29,33)(H,31,35)/t18-/m0/s1. The van der Waals surface area contributed by atoms with E-state index in [9.17, 15) is 18.8 Å². The molecule has 1 saturated heterocycles. The van der Waals surface area contributed by atoms with Crippen LogP contribution in [0.15, 0.2) is 66.7 Å². The van der Waals surface area contributed by atoms with Crippen molar-refractivity contribution < 1.29 is 28.2 Å². The van der Waals surface area contributed by atoms with Gasteiger partial charge in [0.05, 0.1) is 18.7 Å². The summed E-state index contributed by atoms with van der Waals surface area (Å²) in [5, 5.41) is 2.80. The molecule has 0 radical (unpaired) electrons. The Bertz CT molecular complexity index is 1300. The zero-order valence-corrected chi connectivity index (χ0v) is 20.4. The fourth-order valence-corrected chi connectivity index (χ4v) is 3.95. The summed E-state index contributed by atoms with van der Waals surface area (Å²) >= 11 is 0. The van der Waals surface area contributed by atoms with Gasteiger partial charge in [-0.3, -0.25) is 25.2 Å². The van der Waals surface area contributed by atoms with Gasteiger partial charge in [0.15, 0.2) is 18.1 Å². The van der Waals surface area contributed by atoms with Crippen molar-refractivity contribution in [2.24, 2.45) is 5.92 Å². The third kappa shape index (κ3) is 6.16. The number of anilines is 3. The number of hydrogen-bond acceptors (Lipinski definition) is 6. The lowest BCUT2D eigenvalue weighted by Crippen LogP contribution is -2.36. The number of amides is 3. The van der Waals surface area contributed by atoms with Crippen molar-refractivity contribution in [1.82, 2.24) is 5.43 Å². The monoisotopic (exact) mass is 506 g/mol. The van der Waals surface area contributed by atoms with E-state index in [0.717, 1.165) is 5.56 Å². The van der Waals surface area contributed by atoms with E-state index < -0.39 is 17.6 Å². The Morgan fingerprint density at radius 3 is 2.49 bits per heavy atom. The number of nitrogens with zero attached hydrogens (tertiary/aromatic N) is 1. The van der Waals surface area contributed by atoms with Gasteiger partial charge < -0.3 is 19.7 Å². The van der Waals surface area contributed by atoms with Crippen LogP contribution in [-0.4, -0.2) is 38.0 Å². The van der Waals surface area contributed by atoms with Crippen molar-refractivity contribution in [3.63, 3.8) is 0 Å². The molecule has 4 rings (SSSR count).